The lowest BCUT2D eigenvalue weighted by Crippen LogP contribution is -2.11. The molecule has 2 heterocycles. The molecule has 0 unspecified atom stereocenters. The molecule has 12 rings (SSSR count). The Morgan fingerprint density at radius 3 is 1.49 bits per heavy atom. The van der Waals surface area contributed by atoms with Crippen molar-refractivity contribution in [2.24, 2.45) is 0 Å². The van der Waals surface area contributed by atoms with Crippen LogP contribution in [0, 0.1) is 0 Å². The van der Waals surface area contributed by atoms with Gasteiger partial charge in [0.05, 0.1) is 5.69 Å². The molecular weight excluding hydrogens is 719 g/mol. The first-order chi connectivity index (χ1) is 29.3. The molecule has 276 valence electrons. The summed E-state index contributed by atoms with van der Waals surface area (Å²) in [7, 11) is 0. The van der Waals surface area contributed by atoms with Crippen LogP contribution in [0.3, 0.4) is 0 Å². The second-order valence-electron chi connectivity index (χ2n) is 15.2. The number of benzene rings is 10. The average molecular weight is 754 g/mol. The van der Waals surface area contributed by atoms with Gasteiger partial charge in [0.15, 0.2) is 0 Å². The van der Waals surface area contributed by atoms with Crippen LogP contribution in [0.25, 0.3) is 98.8 Å². The van der Waals surface area contributed by atoms with Crippen LogP contribution in [-0.4, -0.2) is 0 Å². The van der Waals surface area contributed by atoms with Gasteiger partial charge in [0, 0.05) is 55.5 Å². The second kappa shape index (κ2) is 13.4. The highest BCUT2D eigenvalue weighted by molar-refractivity contribution is 6.30. The van der Waals surface area contributed by atoms with Gasteiger partial charge in [-0.15, -0.1) is 0 Å². The van der Waals surface area contributed by atoms with Crippen LogP contribution in [-0.2, 0) is 0 Å². The van der Waals surface area contributed by atoms with Crippen molar-refractivity contribution >= 4 is 82.5 Å². The Balaban J connectivity index is 1.10. The molecule has 10 aromatic carbocycles. The largest absolute Gasteiger partial charge is 0.455 e. The minimum absolute atomic E-state index is 0.843. The molecule has 0 amide bonds. The summed E-state index contributed by atoms with van der Waals surface area (Å²) >= 11 is 0. The average Bonchev–Trinajstić information content (AvgIpc) is 3.89. The number of anilines is 3. The second-order valence-corrected chi connectivity index (χ2v) is 15.2. The van der Waals surface area contributed by atoms with Crippen LogP contribution in [0.2, 0.25) is 0 Å². The highest BCUT2D eigenvalue weighted by atomic mass is 16.3. The molecule has 0 aliphatic heterocycles. The van der Waals surface area contributed by atoms with E-state index >= 15 is 0 Å². The van der Waals surface area contributed by atoms with E-state index in [1.165, 1.54) is 27.3 Å². The third kappa shape index (κ3) is 5.36. The molecule has 3 nitrogen and oxygen atoms in total. The molecule has 0 bridgehead atoms. The highest BCUT2D eigenvalue weighted by Crippen LogP contribution is 2.48. The van der Waals surface area contributed by atoms with Gasteiger partial charge in [-0.25, -0.2) is 0 Å². The molecule has 0 saturated carbocycles. The van der Waals surface area contributed by atoms with Crippen molar-refractivity contribution in [2.75, 3.05) is 4.90 Å². The van der Waals surface area contributed by atoms with Crippen molar-refractivity contribution in [3.8, 4) is 33.4 Å². The number of fused-ring (bicyclic) bond motifs is 11. The summed E-state index contributed by atoms with van der Waals surface area (Å²) in [5.74, 6) is 0. The van der Waals surface area contributed by atoms with Gasteiger partial charge in [-0.1, -0.05) is 170 Å². The van der Waals surface area contributed by atoms with Crippen LogP contribution in [0.15, 0.2) is 221 Å². The molecule has 2 aromatic heterocycles. The third-order valence-corrected chi connectivity index (χ3v) is 11.9. The van der Waals surface area contributed by atoms with E-state index in [2.05, 4.69) is 205 Å². The van der Waals surface area contributed by atoms with E-state index < -0.39 is 0 Å². The van der Waals surface area contributed by atoms with E-state index in [4.69, 9.17) is 8.83 Å². The van der Waals surface area contributed by atoms with Gasteiger partial charge in [-0.2, -0.15) is 0 Å². The van der Waals surface area contributed by atoms with Gasteiger partial charge in [-0.3, -0.25) is 0 Å². The lowest BCUT2D eigenvalue weighted by atomic mass is 9.94. The van der Waals surface area contributed by atoms with E-state index in [-0.39, 0.29) is 0 Å². The fourth-order valence-electron chi connectivity index (χ4n) is 9.10. The summed E-state index contributed by atoms with van der Waals surface area (Å²) in [4.78, 5) is 2.37. The van der Waals surface area contributed by atoms with Crippen molar-refractivity contribution in [3.05, 3.63) is 212 Å². The van der Waals surface area contributed by atoms with E-state index in [0.717, 1.165) is 88.6 Å². The normalized spacial score (nSPS) is 11.7. The fourth-order valence-corrected chi connectivity index (χ4v) is 9.10. The summed E-state index contributed by atoms with van der Waals surface area (Å²) in [6.07, 6.45) is 0. The van der Waals surface area contributed by atoms with Crippen LogP contribution in [0.4, 0.5) is 17.1 Å². The maximum atomic E-state index is 7.01. The molecule has 0 fully saturated rings. The molecule has 59 heavy (non-hydrogen) atoms. The number of hydrogen-bond acceptors (Lipinski definition) is 3. The zero-order chi connectivity index (χ0) is 38.9. The predicted molar refractivity (Wildman–Crippen MR) is 247 cm³/mol. The van der Waals surface area contributed by atoms with Gasteiger partial charge >= 0.3 is 0 Å². The zero-order valence-electron chi connectivity index (χ0n) is 32.0. The fraction of sp³-hybridized carbons (Fsp3) is 0. The molecule has 0 atom stereocenters. The summed E-state index contributed by atoms with van der Waals surface area (Å²) in [5.41, 5.74) is 13.4. The van der Waals surface area contributed by atoms with Gasteiger partial charge in [0.25, 0.3) is 0 Å². The van der Waals surface area contributed by atoms with Crippen molar-refractivity contribution in [1.82, 2.24) is 0 Å². The van der Waals surface area contributed by atoms with Gasteiger partial charge in [-0.05, 0) is 74.8 Å². The van der Waals surface area contributed by atoms with Crippen molar-refractivity contribution < 1.29 is 8.83 Å². The highest BCUT2D eigenvalue weighted by Gasteiger charge is 2.23. The van der Waals surface area contributed by atoms with Crippen molar-refractivity contribution in [1.29, 1.82) is 0 Å². The first-order valence-corrected chi connectivity index (χ1v) is 20.1. The van der Waals surface area contributed by atoms with Crippen LogP contribution in [0.5, 0.6) is 0 Å². The van der Waals surface area contributed by atoms with Crippen LogP contribution < -0.4 is 4.90 Å². The predicted octanol–water partition coefficient (Wildman–Crippen LogP) is 16.3. The maximum absolute atomic E-state index is 7.01. The topological polar surface area (TPSA) is 29.5 Å². The SMILES string of the molecule is c1ccc(-c2ccc(N(c3ccc(-c4cccc5c4oc4ccccc45)cc3)c3cc4oc5c6ccccc6c6ccccc6c5c4cc3-c3ccccc3)cc2)cc1. The van der Waals surface area contributed by atoms with E-state index in [1.807, 2.05) is 12.1 Å². The van der Waals surface area contributed by atoms with Gasteiger partial charge < -0.3 is 13.7 Å². The van der Waals surface area contributed by atoms with Crippen LogP contribution >= 0.6 is 0 Å². The number of para-hydroxylation sites is 2. The molecule has 0 spiro atoms. The molecule has 3 heteroatoms. The van der Waals surface area contributed by atoms with Crippen molar-refractivity contribution in [3.63, 3.8) is 0 Å². The minimum atomic E-state index is 0.843. The summed E-state index contributed by atoms with van der Waals surface area (Å²) in [6, 6.07) is 75.6. The molecule has 0 aliphatic carbocycles. The van der Waals surface area contributed by atoms with E-state index in [1.54, 1.807) is 0 Å². The summed E-state index contributed by atoms with van der Waals surface area (Å²) < 4.78 is 13.5. The van der Waals surface area contributed by atoms with Crippen molar-refractivity contribution in [2.45, 2.75) is 0 Å². The zero-order valence-corrected chi connectivity index (χ0v) is 32.0. The molecule has 0 radical (unpaired) electrons. The minimum Gasteiger partial charge on any atom is -0.455 e. The molecule has 0 aliphatic rings. The molecule has 0 N–H and O–H groups in total. The quantitative estimate of drug-likeness (QED) is 0.158. The number of rotatable bonds is 6. The van der Waals surface area contributed by atoms with Gasteiger partial charge in [0.2, 0.25) is 0 Å². The van der Waals surface area contributed by atoms with Gasteiger partial charge in [0.1, 0.15) is 22.3 Å². The lowest BCUT2D eigenvalue weighted by molar-refractivity contribution is 0.670. The Bertz CT molecular complexity index is 3530. The molecule has 12 aromatic rings. The number of hydrogen-bond donors (Lipinski definition) is 0. The third-order valence-electron chi connectivity index (χ3n) is 11.9. The smallest absolute Gasteiger partial charge is 0.143 e. The Hall–Kier alpha value is -7.88. The number of furan rings is 2. The standard InChI is InChI=1S/C56H35NO2/c1-3-14-36(15-4-1)37-26-30-40(31-27-37)57(41-32-28-39(29-33-41)42-23-13-24-48-45-20-11-12-25-52(45)58-55(42)48)51-35-53-50(34-49(51)38-16-5-2-6-17-38)54-46-21-9-7-18-43(46)44-19-8-10-22-47(44)56(54)59-53/h1-35H. The summed E-state index contributed by atoms with van der Waals surface area (Å²) in [6.45, 7) is 0. The Morgan fingerprint density at radius 2 is 0.780 bits per heavy atom. The van der Waals surface area contributed by atoms with E-state index in [9.17, 15) is 0 Å². The van der Waals surface area contributed by atoms with E-state index in [0.29, 0.717) is 0 Å². The lowest BCUT2D eigenvalue weighted by Gasteiger charge is -2.28. The molecule has 0 saturated heterocycles. The molecular formula is C56H35NO2. The van der Waals surface area contributed by atoms with Crippen LogP contribution in [0.1, 0.15) is 0 Å². The first kappa shape index (κ1) is 33.3. The Labute approximate surface area is 340 Å². The number of nitrogens with zero attached hydrogens (tertiary/aromatic N) is 1. The summed E-state index contributed by atoms with van der Waals surface area (Å²) in [5, 5.41) is 9.20. The monoisotopic (exact) mass is 753 g/mol. The first-order valence-electron chi connectivity index (χ1n) is 20.1. The maximum Gasteiger partial charge on any atom is 0.143 e. The Kier molecular flexibility index (Phi) is 7.54. The Morgan fingerprint density at radius 1 is 0.288 bits per heavy atom.